The molecule has 1 amide bonds. The number of aromatic hydroxyl groups is 1. The number of carbonyl (C=O) groups is 3. The number of Topliss-reactive ketones (excluding diaryl/α,β-unsaturated/α-hetero) is 2. The number of nitrogens with zero attached hydrogens (tertiary/aromatic N) is 2. The molecule has 0 spiro atoms. The van der Waals surface area contributed by atoms with Gasteiger partial charge in [0, 0.05) is 55.2 Å². The number of amides is 1. The maximum Gasteiger partial charge on any atom is 0.434 e. The van der Waals surface area contributed by atoms with Crippen LogP contribution in [0.5, 0.6) is 5.75 Å². The molecule has 0 aliphatic heterocycles. The molecule has 5 rings (SSSR count). The number of primary amides is 1. The summed E-state index contributed by atoms with van der Waals surface area (Å²) >= 11 is 0.719. The van der Waals surface area contributed by atoms with Gasteiger partial charge in [-0.25, -0.2) is 4.98 Å². The van der Waals surface area contributed by atoms with Crippen molar-refractivity contribution in [3.8, 4) is 5.75 Å². The molecule has 3 aliphatic rings. The van der Waals surface area contributed by atoms with Crippen LogP contribution < -0.4 is 16.0 Å². The van der Waals surface area contributed by atoms with Crippen molar-refractivity contribution in [2.45, 2.75) is 37.6 Å². The zero-order chi connectivity index (χ0) is 30.2. The van der Waals surface area contributed by atoms with Gasteiger partial charge in [-0.2, -0.15) is 13.2 Å². The molecule has 1 heterocycles. The normalized spacial score (nSPS) is 24.1. The molecule has 7 N–H and O–H groups in total. The van der Waals surface area contributed by atoms with Gasteiger partial charge in [0.15, 0.2) is 22.2 Å². The van der Waals surface area contributed by atoms with Gasteiger partial charge in [0.25, 0.3) is 5.91 Å². The number of halogens is 3. The summed E-state index contributed by atoms with van der Waals surface area (Å²) in [4.78, 5) is 43.2. The number of thiazole rings is 1. The quantitative estimate of drug-likeness (QED) is 0.281. The van der Waals surface area contributed by atoms with Crippen LogP contribution in [0.3, 0.4) is 0 Å². The molecule has 218 valence electrons. The Hall–Kier alpha value is -4.11. The predicted octanol–water partition coefficient (Wildman–Crippen LogP) is 2.58. The number of hydrogen-bond donors (Lipinski definition) is 6. The lowest BCUT2D eigenvalue weighted by Crippen LogP contribution is -2.58. The molecule has 1 fully saturated rings. The molecule has 11 nitrogen and oxygen atoms in total. The van der Waals surface area contributed by atoms with E-state index in [1.165, 1.54) is 0 Å². The van der Waals surface area contributed by atoms with E-state index in [1.807, 2.05) is 0 Å². The number of nitrogens with one attached hydrogen (secondary N) is 1. The van der Waals surface area contributed by atoms with Crippen molar-refractivity contribution >= 4 is 45.4 Å². The van der Waals surface area contributed by atoms with Crippen LogP contribution >= 0.6 is 11.3 Å². The number of fused-ring (bicyclic) bond motifs is 3. The summed E-state index contributed by atoms with van der Waals surface area (Å²) < 4.78 is 38.8. The van der Waals surface area contributed by atoms with E-state index in [-0.39, 0.29) is 41.2 Å². The molecule has 3 aliphatic carbocycles. The number of carbonyl (C=O) groups excluding carboxylic acids is 3. The van der Waals surface area contributed by atoms with Crippen LogP contribution in [0.4, 0.5) is 24.0 Å². The van der Waals surface area contributed by atoms with Gasteiger partial charge in [-0.1, -0.05) is 0 Å². The van der Waals surface area contributed by atoms with Gasteiger partial charge in [-0.3, -0.25) is 14.4 Å². The molecule has 2 aromatic rings. The third kappa shape index (κ3) is 4.30. The summed E-state index contributed by atoms with van der Waals surface area (Å²) in [6.45, 7) is -0.190. The lowest BCUT2D eigenvalue weighted by atomic mass is 9.59. The Morgan fingerprint density at radius 3 is 2.51 bits per heavy atom. The van der Waals surface area contributed by atoms with Crippen molar-refractivity contribution in [3.05, 3.63) is 50.7 Å². The monoisotopic (exact) mass is 594 g/mol. The minimum atomic E-state index is -4.62. The number of aliphatic hydroxyl groups excluding tert-OH is 2. The molecule has 15 heteroatoms. The van der Waals surface area contributed by atoms with Crippen molar-refractivity contribution < 1.29 is 48.0 Å². The number of hydrogen-bond acceptors (Lipinski definition) is 11. The Morgan fingerprint density at radius 1 is 1.24 bits per heavy atom. The molecule has 1 aromatic carbocycles. The van der Waals surface area contributed by atoms with Crippen molar-refractivity contribution in [2.24, 2.45) is 17.6 Å². The van der Waals surface area contributed by atoms with E-state index in [2.05, 4.69) is 10.3 Å². The number of alkyl halides is 3. The van der Waals surface area contributed by atoms with E-state index in [0.29, 0.717) is 11.3 Å². The van der Waals surface area contributed by atoms with E-state index in [4.69, 9.17) is 5.73 Å². The molecular formula is C26H25F3N4O7S. The molecule has 1 saturated carbocycles. The third-order valence-corrected chi connectivity index (χ3v) is 8.63. The highest BCUT2D eigenvalue weighted by atomic mass is 32.1. The Bertz CT molecular complexity index is 1580. The van der Waals surface area contributed by atoms with Crippen molar-refractivity contribution in [3.63, 3.8) is 0 Å². The largest absolute Gasteiger partial charge is 0.508 e. The average molecular weight is 595 g/mol. The second kappa shape index (κ2) is 9.48. The summed E-state index contributed by atoms with van der Waals surface area (Å²) in [5.74, 6) is -7.31. The number of phenols is 1. The average Bonchev–Trinajstić information content (AvgIpc) is 3.35. The van der Waals surface area contributed by atoms with E-state index in [9.17, 15) is 48.0 Å². The third-order valence-electron chi connectivity index (χ3n) is 7.83. The Morgan fingerprint density at radius 2 is 1.93 bits per heavy atom. The maximum atomic E-state index is 13.7. The van der Waals surface area contributed by atoms with Gasteiger partial charge >= 0.3 is 6.18 Å². The first-order valence-corrected chi connectivity index (χ1v) is 13.2. The Labute approximate surface area is 234 Å². The fourth-order valence-corrected chi connectivity index (χ4v) is 6.63. The number of ketones is 2. The molecular weight excluding hydrogens is 569 g/mol. The highest BCUT2D eigenvalue weighted by Gasteiger charge is 2.60. The van der Waals surface area contributed by atoms with Crippen molar-refractivity contribution in [2.75, 3.05) is 24.3 Å². The van der Waals surface area contributed by atoms with Gasteiger partial charge < -0.3 is 36.4 Å². The van der Waals surface area contributed by atoms with E-state index in [1.54, 1.807) is 25.1 Å². The predicted molar refractivity (Wildman–Crippen MR) is 140 cm³/mol. The summed E-state index contributed by atoms with van der Waals surface area (Å²) in [5.41, 5.74) is 1.34. The van der Waals surface area contributed by atoms with Crippen LogP contribution in [0.25, 0.3) is 5.76 Å². The maximum absolute atomic E-state index is 13.7. The minimum Gasteiger partial charge on any atom is -0.508 e. The first kappa shape index (κ1) is 28.4. The second-order valence-corrected chi connectivity index (χ2v) is 11.3. The van der Waals surface area contributed by atoms with Crippen LogP contribution in [0.1, 0.15) is 35.2 Å². The Kier molecular flexibility index (Phi) is 6.57. The lowest BCUT2D eigenvalue weighted by molar-refractivity contribution is -0.147. The first-order chi connectivity index (χ1) is 19.1. The van der Waals surface area contributed by atoms with Gasteiger partial charge in [0.05, 0.1) is 5.56 Å². The highest BCUT2D eigenvalue weighted by molar-refractivity contribution is 7.13. The lowest BCUT2D eigenvalue weighted by Gasteiger charge is -2.46. The number of aliphatic hydroxyl groups is 3. The molecule has 0 saturated heterocycles. The van der Waals surface area contributed by atoms with Crippen molar-refractivity contribution in [1.29, 1.82) is 0 Å². The Balaban J connectivity index is 1.59. The van der Waals surface area contributed by atoms with E-state index >= 15 is 0 Å². The molecule has 3 atom stereocenters. The fraction of sp³-hybridized carbons (Fsp3) is 0.385. The highest BCUT2D eigenvalue weighted by Crippen LogP contribution is 2.53. The van der Waals surface area contributed by atoms with Crippen LogP contribution in [-0.2, 0) is 33.5 Å². The number of rotatable bonds is 5. The van der Waals surface area contributed by atoms with Crippen LogP contribution in [-0.4, -0.2) is 62.6 Å². The minimum absolute atomic E-state index is 0.00849. The van der Waals surface area contributed by atoms with Gasteiger partial charge in [-0.05, 0) is 30.4 Å². The summed E-state index contributed by atoms with van der Waals surface area (Å²) in [6, 6.07) is 1.59. The zero-order valence-electron chi connectivity index (χ0n) is 21.7. The topological polar surface area (TPSA) is 186 Å². The number of benzene rings is 1. The molecule has 0 unspecified atom stereocenters. The van der Waals surface area contributed by atoms with Crippen LogP contribution in [0.2, 0.25) is 0 Å². The zero-order valence-corrected chi connectivity index (χ0v) is 22.5. The van der Waals surface area contributed by atoms with Gasteiger partial charge in [0.2, 0.25) is 5.78 Å². The number of aromatic nitrogens is 1. The standard InChI is InChI=1S/C26H25F3N4O7S/c1-33(2)13-5-10(7-31-24-32-15(8-41-24)26(27,28)29)19(35)17-12(13)4-9-3-11-6-14(34)18(23(30)39)22(38)25(11,40)21(37)16(9)20(17)36/h5,8-9,11,35-36,38,40H,3-4,6-7H2,1-2H3,(H2,30,39)(H,31,32)/t9-,11+,25+/m1/s1. The first-order valence-electron chi connectivity index (χ1n) is 12.4. The number of anilines is 2. The summed E-state index contributed by atoms with van der Waals surface area (Å²) in [7, 11) is 3.41. The van der Waals surface area contributed by atoms with Crippen LogP contribution in [0, 0.1) is 11.8 Å². The second-order valence-electron chi connectivity index (χ2n) is 10.4. The SMILES string of the molecule is CN(C)c1cc(CNc2nc(C(F)(F)F)cs2)c(O)c2c1C[C@H]1C[C@H]3CC(=O)C(C(N)=O)=C(O)[C@@]3(O)C(=O)C1=C2O. The van der Waals surface area contributed by atoms with Gasteiger partial charge in [-0.15, -0.1) is 11.3 Å². The number of nitrogens with two attached hydrogens (primary N) is 1. The van der Waals surface area contributed by atoms with Crippen LogP contribution in [0.15, 0.2) is 28.4 Å². The smallest absolute Gasteiger partial charge is 0.434 e. The fourth-order valence-electron chi connectivity index (χ4n) is 5.91. The summed E-state index contributed by atoms with van der Waals surface area (Å²) in [6.07, 6.45) is -4.94. The van der Waals surface area contributed by atoms with E-state index in [0.717, 1.165) is 16.7 Å². The van der Waals surface area contributed by atoms with Crippen molar-refractivity contribution in [1.82, 2.24) is 4.98 Å². The summed E-state index contributed by atoms with van der Waals surface area (Å²) in [5, 5.41) is 48.2. The molecule has 0 radical (unpaired) electrons. The molecule has 1 aromatic heterocycles. The molecule has 0 bridgehead atoms. The van der Waals surface area contributed by atoms with E-state index < -0.39 is 76.0 Å². The number of phenolic OH excluding ortho intramolecular Hbond substituents is 1. The molecule has 41 heavy (non-hydrogen) atoms. The van der Waals surface area contributed by atoms with Gasteiger partial charge in [0.1, 0.15) is 22.8 Å².